The lowest BCUT2D eigenvalue weighted by Crippen LogP contribution is -2.51. The molecule has 2 unspecified atom stereocenters. The molecule has 2 aliphatic rings. The highest BCUT2D eigenvalue weighted by molar-refractivity contribution is 5.81. The number of nitriles is 1. The number of piperazine rings is 1. The molecular weight excluding hydrogens is 302 g/mol. The Morgan fingerprint density at radius 1 is 1.29 bits per heavy atom. The molecule has 2 fully saturated rings. The van der Waals surface area contributed by atoms with Gasteiger partial charge in [0.15, 0.2) is 0 Å². The minimum atomic E-state index is -0.245. The first-order valence-corrected chi connectivity index (χ1v) is 8.86. The highest BCUT2D eigenvalue weighted by Gasteiger charge is 2.32. The minimum Gasteiger partial charge on any atom is -0.368 e. The number of hydrogen-bond acceptors (Lipinski definition) is 4. The molecule has 2 atom stereocenters. The van der Waals surface area contributed by atoms with Crippen molar-refractivity contribution in [2.45, 2.75) is 38.3 Å². The number of aryl methyl sites for hydroxylation is 1. The second-order valence-electron chi connectivity index (χ2n) is 6.49. The first-order chi connectivity index (χ1) is 11.7. The summed E-state index contributed by atoms with van der Waals surface area (Å²) in [6, 6.07) is 10.5. The van der Waals surface area contributed by atoms with Crippen molar-refractivity contribution in [1.82, 2.24) is 9.80 Å². The van der Waals surface area contributed by atoms with E-state index >= 15 is 0 Å². The lowest BCUT2D eigenvalue weighted by Gasteiger charge is -2.37. The molecule has 5 nitrogen and oxygen atoms in total. The van der Waals surface area contributed by atoms with Crippen LogP contribution in [0.3, 0.4) is 0 Å². The van der Waals surface area contributed by atoms with Gasteiger partial charge < -0.3 is 9.64 Å². The number of carbonyl (C=O) groups excluding carboxylic acids is 1. The van der Waals surface area contributed by atoms with E-state index in [0.717, 1.165) is 37.9 Å². The third kappa shape index (κ3) is 3.61. The molecule has 2 saturated heterocycles. The Morgan fingerprint density at radius 2 is 2.00 bits per heavy atom. The fourth-order valence-electron chi connectivity index (χ4n) is 3.48. The predicted molar refractivity (Wildman–Crippen MR) is 91.3 cm³/mol. The van der Waals surface area contributed by atoms with Crippen LogP contribution in [-0.4, -0.2) is 54.6 Å². The summed E-state index contributed by atoms with van der Waals surface area (Å²) in [4.78, 5) is 16.5. The van der Waals surface area contributed by atoms with E-state index in [4.69, 9.17) is 4.74 Å². The molecule has 5 heteroatoms. The maximum Gasteiger partial charge on any atom is 0.251 e. The summed E-state index contributed by atoms with van der Waals surface area (Å²) in [5.41, 5.74) is 2.32. The van der Waals surface area contributed by atoms with Gasteiger partial charge in [0.05, 0.1) is 6.07 Å². The Balaban J connectivity index is 1.59. The van der Waals surface area contributed by atoms with Crippen LogP contribution in [0.5, 0.6) is 0 Å². The molecule has 1 aromatic carbocycles. The van der Waals surface area contributed by atoms with Crippen LogP contribution < -0.4 is 0 Å². The van der Waals surface area contributed by atoms with Crippen molar-refractivity contribution in [3.8, 4) is 6.07 Å². The van der Waals surface area contributed by atoms with Crippen molar-refractivity contribution in [1.29, 1.82) is 5.26 Å². The van der Waals surface area contributed by atoms with Crippen LogP contribution in [-0.2, 0) is 16.0 Å². The summed E-state index contributed by atoms with van der Waals surface area (Å²) in [6.07, 6.45) is 2.57. The van der Waals surface area contributed by atoms with E-state index in [1.54, 1.807) is 0 Å². The molecule has 0 aliphatic carbocycles. The molecule has 2 heterocycles. The lowest BCUT2D eigenvalue weighted by atomic mass is 10.0. The average Bonchev–Trinajstić information content (AvgIpc) is 3.17. The van der Waals surface area contributed by atoms with Gasteiger partial charge in [-0.25, -0.2) is 0 Å². The number of ether oxygens (including phenoxy) is 1. The summed E-state index contributed by atoms with van der Waals surface area (Å²) in [5.74, 6) is 0.118. The lowest BCUT2D eigenvalue weighted by molar-refractivity contribution is -0.142. The molecule has 0 saturated carbocycles. The van der Waals surface area contributed by atoms with Gasteiger partial charge in [-0.1, -0.05) is 31.2 Å². The molecule has 1 amide bonds. The highest BCUT2D eigenvalue weighted by Crippen LogP contribution is 2.23. The molecule has 0 bridgehead atoms. The Bertz CT molecular complexity index is 594. The Hall–Kier alpha value is -1.90. The van der Waals surface area contributed by atoms with E-state index in [9.17, 15) is 10.1 Å². The van der Waals surface area contributed by atoms with Crippen LogP contribution in [0.1, 0.15) is 36.9 Å². The quantitative estimate of drug-likeness (QED) is 0.850. The van der Waals surface area contributed by atoms with Crippen LogP contribution in [0.2, 0.25) is 0 Å². The molecule has 0 spiro atoms. The van der Waals surface area contributed by atoms with Gasteiger partial charge in [0.2, 0.25) is 0 Å². The molecule has 3 rings (SSSR count). The second-order valence-corrected chi connectivity index (χ2v) is 6.49. The number of amides is 1. The monoisotopic (exact) mass is 327 g/mol. The van der Waals surface area contributed by atoms with E-state index in [1.807, 2.05) is 4.90 Å². The molecule has 0 radical (unpaired) electrons. The van der Waals surface area contributed by atoms with Crippen molar-refractivity contribution in [2.75, 3.05) is 32.8 Å². The van der Waals surface area contributed by atoms with Gasteiger partial charge in [0, 0.05) is 32.8 Å². The molecule has 0 N–H and O–H groups in total. The van der Waals surface area contributed by atoms with Crippen molar-refractivity contribution >= 4 is 5.91 Å². The average molecular weight is 327 g/mol. The van der Waals surface area contributed by atoms with Crippen molar-refractivity contribution in [2.24, 2.45) is 0 Å². The third-order valence-electron chi connectivity index (χ3n) is 5.02. The highest BCUT2D eigenvalue weighted by atomic mass is 16.5. The van der Waals surface area contributed by atoms with Gasteiger partial charge in [0.25, 0.3) is 5.91 Å². The van der Waals surface area contributed by atoms with Crippen LogP contribution in [0.4, 0.5) is 0 Å². The Labute approximate surface area is 143 Å². The Kier molecular flexibility index (Phi) is 5.49. The summed E-state index contributed by atoms with van der Waals surface area (Å²) in [7, 11) is 0. The van der Waals surface area contributed by atoms with Crippen molar-refractivity contribution < 1.29 is 9.53 Å². The zero-order valence-corrected chi connectivity index (χ0v) is 14.3. The van der Waals surface area contributed by atoms with Gasteiger partial charge in [0.1, 0.15) is 12.1 Å². The number of rotatable bonds is 4. The van der Waals surface area contributed by atoms with Gasteiger partial charge in [-0.15, -0.1) is 0 Å². The summed E-state index contributed by atoms with van der Waals surface area (Å²) in [6.45, 7) is 5.62. The molecular formula is C19H25N3O2. The standard InChI is InChI=1S/C19H25N3O2/c1-2-15-5-7-16(8-6-15)17(14-20)21-9-11-22(12-10-21)19(23)18-4-3-13-24-18/h5-8,17-18H,2-4,9-13H2,1H3. The van der Waals surface area contributed by atoms with Gasteiger partial charge in [-0.05, 0) is 30.4 Å². The first-order valence-electron chi connectivity index (χ1n) is 8.86. The van der Waals surface area contributed by atoms with E-state index < -0.39 is 0 Å². The maximum atomic E-state index is 12.4. The van der Waals surface area contributed by atoms with E-state index in [0.29, 0.717) is 19.7 Å². The smallest absolute Gasteiger partial charge is 0.251 e. The van der Waals surface area contributed by atoms with Crippen LogP contribution in [0.15, 0.2) is 24.3 Å². The van der Waals surface area contributed by atoms with Gasteiger partial charge in [-0.2, -0.15) is 5.26 Å². The SMILES string of the molecule is CCc1ccc(C(C#N)N2CCN(C(=O)C3CCCO3)CC2)cc1. The van der Waals surface area contributed by atoms with Gasteiger partial charge >= 0.3 is 0 Å². The fraction of sp³-hybridized carbons (Fsp3) is 0.579. The minimum absolute atomic E-state index is 0.118. The zero-order valence-electron chi connectivity index (χ0n) is 14.3. The fourth-order valence-corrected chi connectivity index (χ4v) is 3.48. The third-order valence-corrected chi connectivity index (χ3v) is 5.02. The molecule has 2 aliphatic heterocycles. The largest absolute Gasteiger partial charge is 0.368 e. The van der Waals surface area contributed by atoms with Crippen molar-refractivity contribution in [3.05, 3.63) is 35.4 Å². The van der Waals surface area contributed by atoms with Crippen LogP contribution >= 0.6 is 0 Å². The molecule has 0 aromatic heterocycles. The topological polar surface area (TPSA) is 56.6 Å². The van der Waals surface area contributed by atoms with Crippen molar-refractivity contribution in [3.63, 3.8) is 0 Å². The summed E-state index contributed by atoms with van der Waals surface area (Å²) >= 11 is 0. The zero-order chi connectivity index (χ0) is 16.9. The van der Waals surface area contributed by atoms with Gasteiger partial charge in [-0.3, -0.25) is 9.69 Å². The van der Waals surface area contributed by atoms with E-state index in [2.05, 4.69) is 42.2 Å². The van der Waals surface area contributed by atoms with Crippen LogP contribution in [0.25, 0.3) is 0 Å². The number of hydrogen-bond donors (Lipinski definition) is 0. The number of nitrogens with zero attached hydrogens (tertiary/aromatic N) is 3. The maximum absolute atomic E-state index is 12.4. The molecule has 1 aromatic rings. The summed E-state index contributed by atoms with van der Waals surface area (Å²) in [5, 5.41) is 9.61. The Morgan fingerprint density at radius 3 is 2.54 bits per heavy atom. The van der Waals surface area contributed by atoms with E-state index in [-0.39, 0.29) is 18.1 Å². The van der Waals surface area contributed by atoms with Crippen LogP contribution in [0, 0.1) is 11.3 Å². The summed E-state index contributed by atoms with van der Waals surface area (Å²) < 4.78 is 5.50. The van der Waals surface area contributed by atoms with E-state index in [1.165, 1.54) is 5.56 Å². The number of carbonyl (C=O) groups is 1. The molecule has 128 valence electrons. The second kappa shape index (κ2) is 7.78. The first kappa shape index (κ1) is 16.9. The number of benzene rings is 1. The molecule has 24 heavy (non-hydrogen) atoms. The predicted octanol–water partition coefficient (Wildman–Crippen LogP) is 2.14. The normalized spacial score (nSPS) is 23.0.